The highest BCUT2D eigenvalue weighted by molar-refractivity contribution is 8.01. The van der Waals surface area contributed by atoms with E-state index in [1.165, 1.54) is 17.5 Å². The van der Waals surface area contributed by atoms with Gasteiger partial charge in [0.1, 0.15) is 0 Å². The zero-order valence-electron chi connectivity index (χ0n) is 14.3. The molecule has 0 aliphatic heterocycles. The topological polar surface area (TPSA) is 72.7 Å². The van der Waals surface area contributed by atoms with Gasteiger partial charge >= 0.3 is 0 Å². The number of hydrogen-bond donors (Lipinski definition) is 1. The molecule has 0 atom stereocenters. The highest BCUT2D eigenvalue weighted by Crippen LogP contribution is 2.32. The number of carbonyl (C=O) groups is 1. The number of anilines is 1. The minimum absolute atomic E-state index is 0.287. The van der Waals surface area contributed by atoms with Crippen molar-refractivity contribution in [2.45, 2.75) is 10.8 Å². The molecule has 0 saturated heterocycles. The second-order valence-electron chi connectivity index (χ2n) is 5.67. The van der Waals surface area contributed by atoms with Crippen LogP contribution in [0, 0.1) is 0 Å². The molecule has 0 spiro atoms. The summed E-state index contributed by atoms with van der Waals surface area (Å²) in [6, 6.07) is 10.4. The Morgan fingerprint density at radius 2 is 2.18 bits per heavy atom. The van der Waals surface area contributed by atoms with Crippen LogP contribution < -0.4 is 5.32 Å². The third-order valence-electron chi connectivity index (χ3n) is 3.71. The van der Waals surface area contributed by atoms with Gasteiger partial charge in [-0.15, -0.1) is 11.3 Å². The Morgan fingerprint density at radius 3 is 2.89 bits per heavy atom. The fraction of sp³-hybridized carbons (Fsp3) is 0.111. The summed E-state index contributed by atoms with van der Waals surface area (Å²) in [4.78, 5) is 21.0. The van der Waals surface area contributed by atoms with Crippen LogP contribution in [0.1, 0.15) is 10.4 Å². The van der Waals surface area contributed by atoms with Gasteiger partial charge in [-0.2, -0.15) is 5.10 Å². The lowest BCUT2D eigenvalue weighted by Gasteiger charge is -2.06. The zero-order chi connectivity index (χ0) is 19.5. The number of carbonyl (C=O) groups excluding carboxylic acids is 1. The van der Waals surface area contributed by atoms with Crippen LogP contribution in [-0.2, 0) is 0 Å². The first-order valence-electron chi connectivity index (χ1n) is 8.17. The third-order valence-corrected chi connectivity index (χ3v) is 5.88. The van der Waals surface area contributed by atoms with Gasteiger partial charge in [0.25, 0.3) is 5.91 Å². The lowest BCUT2D eigenvalue weighted by Crippen LogP contribution is -2.12. The Morgan fingerprint density at radius 1 is 1.29 bits per heavy atom. The van der Waals surface area contributed by atoms with Crippen molar-refractivity contribution < 1.29 is 13.6 Å². The lowest BCUT2D eigenvalue weighted by molar-refractivity contribution is 0.102. The minimum Gasteiger partial charge on any atom is -0.322 e. The largest absolute Gasteiger partial charge is 0.322 e. The quantitative estimate of drug-likeness (QED) is 0.468. The van der Waals surface area contributed by atoms with Crippen LogP contribution in [0.3, 0.4) is 0 Å². The monoisotopic (exact) mass is 417 g/mol. The van der Waals surface area contributed by atoms with E-state index >= 15 is 0 Å². The molecule has 0 fully saturated rings. The van der Waals surface area contributed by atoms with Crippen molar-refractivity contribution in [3.8, 4) is 5.82 Å². The van der Waals surface area contributed by atoms with Gasteiger partial charge in [0, 0.05) is 24.3 Å². The number of benzene rings is 1. The first-order valence-corrected chi connectivity index (χ1v) is 9.98. The van der Waals surface area contributed by atoms with Gasteiger partial charge in [-0.1, -0.05) is 11.8 Å². The number of pyridine rings is 1. The molecule has 10 heteroatoms. The first-order chi connectivity index (χ1) is 13.6. The van der Waals surface area contributed by atoms with Crippen LogP contribution in [0.15, 0.2) is 59.3 Å². The van der Waals surface area contributed by atoms with Gasteiger partial charge < -0.3 is 5.32 Å². The van der Waals surface area contributed by atoms with E-state index in [4.69, 9.17) is 0 Å². The number of rotatable bonds is 6. The molecule has 4 rings (SSSR count). The summed E-state index contributed by atoms with van der Waals surface area (Å²) in [5.41, 5.74) is 1.72. The number of thiazole rings is 1. The van der Waals surface area contributed by atoms with Gasteiger partial charge in [-0.25, -0.2) is 23.4 Å². The van der Waals surface area contributed by atoms with Crippen LogP contribution in [-0.4, -0.2) is 37.8 Å². The van der Waals surface area contributed by atoms with E-state index < -0.39 is 6.43 Å². The van der Waals surface area contributed by atoms with Gasteiger partial charge in [0.2, 0.25) is 6.43 Å². The molecule has 0 aliphatic rings. The molecule has 0 radical (unpaired) electrons. The number of aromatic nitrogens is 4. The van der Waals surface area contributed by atoms with Crippen molar-refractivity contribution in [1.29, 1.82) is 0 Å². The fourth-order valence-corrected chi connectivity index (χ4v) is 4.32. The molecular formula is C18H13F2N5OS2. The summed E-state index contributed by atoms with van der Waals surface area (Å²) >= 11 is 2.35. The third kappa shape index (κ3) is 4.18. The standard InChI is InChI=1S/C18H13F2N5OS2/c19-15(20)10-27-18-24-13-4-3-12(8-14(13)28-18)23-17(26)11-2-5-16(21-9-11)25-7-1-6-22-25/h1-9,15H,10H2,(H,23,26). The molecule has 1 N–H and O–H groups in total. The van der Waals surface area contributed by atoms with E-state index in [9.17, 15) is 13.6 Å². The average molecular weight is 417 g/mol. The number of fused-ring (bicyclic) bond motifs is 1. The summed E-state index contributed by atoms with van der Waals surface area (Å²) in [6.45, 7) is 0. The van der Waals surface area contributed by atoms with Crippen LogP contribution in [0.25, 0.3) is 16.0 Å². The molecule has 0 bridgehead atoms. The van der Waals surface area contributed by atoms with Crippen molar-refractivity contribution in [2.24, 2.45) is 0 Å². The van der Waals surface area contributed by atoms with E-state index in [-0.39, 0.29) is 11.7 Å². The van der Waals surface area contributed by atoms with Gasteiger partial charge in [0.05, 0.1) is 21.5 Å². The maximum Gasteiger partial charge on any atom is 0.257 e. The second kappa shape index (κ2) is 8.03. The number of alkyl halides is 2. The summed E-state index contributed by atoms with van der Waals surface area (Å²) in [5.74, 6) is 0.0300. The summed E-state index contributed by atoms with van der Waals surface area (Å²) in [6.07, 6.45) is 2.52. The van der Waals surface area contributed by atoms with Crippen molar-refractivity contribution in [1.82, 2.24) is 19.7 Å². The zero-order valence-corrected chi connectivity index (χ0v) is 15.9. The molecule has 1 amide bonds. The maximum absolute atomic E-state index is 12.5. The number of nitrogens with one attached hydrogen (secondary N) is 1. The normalized spacial score (nSPS) is 11.2. The number of nitrogens with zero attached hydrogens (tertiary/aromatic N) is 4. The number of thioether (sulfide) groups is 1. The van der Waals surface area contributed by atoms with Crippen LogP contribution in [0.4, 0.5) is 14.5 Å². The first kappa shape index (κ1) is 18.5. The molecule has 0 aliphatic carbocycles. The Balaban J connectivity index is 1.47. The molecule has 3 aromatic heterocycles. The highest BCUT2D eigenvalue weighted by atomic mass is 32.2. The van der Waals surface area contributed by atoms with Gasteiger partial charge in [-0.3, -0.25) is 4.79 Å². The van der Waals surface area contributed by atoms with Crippen molar-refractivity contribution in [3.05, 3.63) is 60.6 Å². The van der Waals surface area contributed by atoms with Crippen molar-refractivity contribution in [2.75, 3.05) is 11.1 Å². The Hall–Kier alpha value is -2.85. The van der Waals surface area contributed by atoms with E-state index in [2.05, 4.69) is 20.4 Å². The lowest BCUT2D eigenvalue weighted by atomic mass is 10.2. The molecule has 0 unspecified atom stereocenters. The number of hydrogen-bond acceptors (Lipinski definition) is 6. The van der Waals surface area contributed by atoms with Crippen molar-refractivity contribution in [3.63, 3.8) is 0 Å². The predicted octanol–water partition coefficient (Wildman–Crippen LogP) is 4.49. The van der Waals surface area contributed by atoms with Gasteiger partial charge in [-0.05, 0) is 36.4 Å². The second-order valence-corrected chi connectivity index (χ2v) is 7.97. The number of amides is 1. The van der Waals surface area contributed by atoms with E-state index in [0.717, 1.165) is 16.5 Å². The summed E-state index contributed by atoms with van der Waals surface area (Å²) < 4.78 is 27.7. The summed E-state index contributed by atoms with van der Waals surface area (Å²) in [5, 5.41) is 6.90. The molecule has 6 nitrogen and oxygen atoms in total. The van der Waals surface area contributed by atoms with E-state index in [0.29, 0.717) is 26.9 Å². The van der Waals surface area contributed by atoms with Crippen LogP contribution in [0.5, 0.6) is 0 Å². The molecular weight excluding hydrogens is 404 g/mol. The SMILES string of the molecule is O=C(Nc1ccc2nc(SCC(F)F)sc2c1)c1ccc(-n2cccn2)nc1. The summed E-state index contributed by atoms with van der Waals surface area (Å²) in [7, 11) is 0. The predicted molar refractivity (Wildman–Crippen MR) is 106 cm³/mol. The molecule has 142 valence electrons. The Kier molecular flexibility index (Phi) is 5.31. The van der Waals surface area contributed by atoms with Crippen LogP contribution >= 0.6 is 23.1 Å². The molecule has 28 heavy (non-hydrogen) atoms. The Labute approximate surface area is 166 Å². The van der Waals surface area contributed by atoms with Crippen molar-refractivity contribution >= 4 is 44.9 Å². The molecule has 1 aromatic carbocycles. The molecule has 4 aromatic rings. The highest BCUT2D eigenvalue weighted by Gasteiger charge is 2.11. The molecule has 3 heterocycles. The smallest absolute Gasteiger partial charge is 0.257 e. The van der Waals surface area contributed by atoms with Gasteiger partial charge in [0.15, 0.2) is 10.2 Å². The molecule has 0 saturated carbocycles. The Bertz CT molecular complexity index is 1100. The minimum atomic E-state index is -2.37. The number of halogens is 2. The van der Waals surface area contributed by atoms with Crippen LogP contribution in [0.2, 0.25) is 0 Å². The van der Waals surface area contributed by atoms with E-state index in [1.807, 2.05) is 0 Å². The fourth-order valence-electron chi connectivity index (χ4n) is 2.44. The average Bonchev–Trinajstić information content (AvgIpc) is 3.36. The maximum atomic E-state index is 12.5. The van der Waals surface area contributed by atoms with E-state index in [1.54, 1.807) is 53.5 Å².